The number of likely N-dealkylation sites (tertiary alicyclic amines) is 1. The molecular weight excluding hydrogens is 200 g/mol. The molecule has 3 heteroatoms. The SMILES string of the molecule is CCCC1CCNC2(CCN(CC)CC2)O1. The summed E-state index contributed by atoms with van der Waals surface area (Å²) in [5.74, 6) is 0. The highest BCUT2D eigenvalue weighted by Crippen LogP contribution is 2.29. The molecule has 0 saturated carbocycles. The summed E-state index contributed by atoms with van der Waals surface area (Å²) in [6.07, 6.45) is 6.46. The fourth-order valence-electron chi connectivity index (χ4n) is 2.93. The first-order valence-corrected chi connectivity index (χ1v) is 6.93. The Balaban J connectivity index is 1.88. The van der Waals surface area contributed by atoms with Crippen LogP contribution < -0.4 is 5.32 Å². The summed E-state index contributed by atoms with van der Waals surface area (Å²) >= 11 is 0. The van der Waals surface area contributed by atoms with E-state index in [2.05, 4.69) is 24.1 Å². The van der Waals surface area contributed by atoms with Crippen molar-refractivity contribution in [2.45, 2.75) is 57.8 Å². The summed E-state index contributed by atoms with van der Waals surface area (Å²) in [6.45, 7) is 9.17. The number of ether oxygens (including phenoxy) is 1. The molecule has 94 valence electrons. The van der Waals surface area contributed by atoms with Gasteiger partial charge in [-0.2, -0.15) is 0 Å². The molecule has 0 bridgehead atoms. The second kappa shape index (κ2) is 5.48. The zero-order valence-electron chi connectivity index (χ0n) is 10.8. The second-order valence-corrected chi connectivity index (χ2v) is 5.17. The molecule has 1 atom stereocenters. The van der Waals surface area contributed by atoms with E-state index in [1.807, 2.05) is 0 Å². The van der Waals surface area contributed by atoms with Crippen LogP contribution in [0.25, 0.3) is 0 Å². The number of hydrogen-bond acceptors (Lipinski definition) is 3. The number of nitrogens with one attached hydrogen (secondary N) is 1. The van der Waals surface area contributed by atoms with Gasteiger partial charge in [-0.05, 0) is 19.4 Å². The van der Waals surface area contributed by atoms with Crippen LogP contribution in [-0.2, 0) is 4.74 Å². The van der Waals surface area contributed by atoms with Crippen LogP contribution in [0, 0.1) is 0 Å². The van der Waals surface area contributed by atoms with Gasteiger partial charge in [-0.15, -0.1) is 0 Å². The third-order valence-electron chi connectivity index (χ3n) is 4.03. The summed E-state index contributed by atoms with van der Waals surface area (Å²) in [4.78, 5) is 2.51. The molecule has 0 aromatic heterocycles. The quantitative estimate of drug-likeness (QED) is 0.796. The minimum absolute atomic E-state index is 0.0176. The van der Waals surface area contributed by atoms with Gasteiger partial charge in [-0.3, -0.25) is 5.32 Å². The van der Waals surface area contributed by atoms with Crippen molar-refractivity contribution in [2.24, 2.45) is 0 Å². The van der Waals surface area contributed by atoms with Crippen molar-refractivity contribution in [3.8, 4) is 0 Å². The lowest BCUT2D eigenvalue weighted by Gasteiger charge is -2.47. The standard InChI is InChI=1S/C13H26N2O/c1-3-5-12-6-9-14-13(16-12)7-10-15(4-2)11-8-13/h12,14H,3-11H2,1-2H3. The summed E-state index contributed by atoms with van der Waals surface area (Å²) in [7, 11) is 0. The maximum Gasteiger partial charge on any atom is 0.122 e. The maximum atomic E-state index is 6.31. The number of hydrogen-bond donors (Lipinski definition) is 1. The average Bonchev–Trinajstić information content (AvgIpc) is 2.31. The highest BCUT2D eigenvalue weighted by atomic mass is 16.5. The third kappa shape index (κ3) is 2.76. The molecule has 1 N–H and O–H groups in total. The van der Waals surface area contributed by atoms with Gasteiger partial charge in [0, 0.05) is 32.5 Å². The Hall–Kier alpha value is -0.120. The Kier molecular flexibility index (Phi) is 4.22. The maximum absolute atomic E-state index is 6.31. The van der Waals surface area contributed by atoms with Crippen LogP contribution in [-0.4, -0.2) is 42.9 Å². The normalized spacial score (nSPS) is 30.8. The molecule has 2 fully saturated rings. The minimum atomic E-state index is 0.0176. The van der Waals surface area contributed by atoms with Crippen molar-refractivity contribution in [2.75, 3.05) is 26.2 Å². The molecule has 1 unspecified atom stereocenters. The van der Waals surface area contributed by atoms with Crippen LogP contribution in [0.4, 0.5) is 0 Å². The van der Waals surface area contributed by atoms with Gasteiger partial charge in [0.1, 0.15) is 5.72 Å². The number of rotatable bonds is 3. The number of nitrogens with zero attached hydrogens (tertiary/aromatic N) is 1. The van der Waals surface area contributed by atoms with E-state index in [0.717, 1.165) is 19.4 Å². The average molecular weight is 226 g/mol. The summed E-state index contributed by atoms with van der Waals surface area (Å²) in [6, 6.07) is 0. The molecule has 1 spiro atoms. The summed E-state index contributed by atoms with van der Waals surface area (Å²) in [5, 5.41) is 3.62. The Morgan fingerprint density at radius 2 is 2.06 bits per heavy atom. The van der Waals surface area contributed by atoms with E-state index >= 15 is 0 Å². The highest BCUT2D eigenvalue weighted by Gasteiger charge is 2.39. The van der Waals surface area contributed by atoms with Gasteiger partial charge in [0.05, 0.1) is 6.10 Å². The first kappa shape index (κ1) is 12.3. The van der Waals surface area contributed by atoms with Crippen molar-refractivity contribution in [3.63, 3.8) is 0 Å². The predicted molar refractivity (Wildman–Crippen MR) is 66.5 cm³/mol. The third-order valence-corrected chi connectivity index (χ3v) is 4.03. The minimum Gasteiger partial charge on any atom is -0.357 e. The van der Waals surface area contributed by atoms with Crippen molar-refractivity contribution < 1.29 is 4.74 Å². The smallest absolute Gasteiger partial charge is 0.122 e. The fourth-order valence-corrected chi connectivity index (χ4v) is 2.93. The van der Waals surface area contributed by atoms with E-state index in [1.165, 1.54) is 38.9 Å². The van der Waals surface area contributed by atoms with Gasteiger partial charge in [0.2, 0.25) is 0 Å². The van der Waals surface area contributed by atoms with Gasteiger partial charge in [-0.1, -0.05) is 20.3 Å². The molecule has 3 nitrogen and oxygen atoms in total. The van der Waals surface area contributed by atoms with Gasteiger partial charge in [-0.25, -0.2) is 0 Å². The Morgan fingerprint density at radius 1 is 1.31 bits per heavy atom. The summed E-state index contributed by atoms with van der Waals surface area (Å²) < 4.78 is 6.31. The molecule has 2 saturated heterocycles. The highest BCUT2D eigenvalue weighted by molar-refractivity contribution is 4.89. The Morgan fingerprint density at radius 3 is 2.69 bits per heavy atom. The monoisotopic (exact) mass is 226 g/mol. The lowest BCUT2D eigenvalue weighted by Crippen LogP contribution is -2.59. The molecule has 0 radical (unpaired) electrons. The van der Waals surface area contributed by atoms with Gasteiger partial charge in [0.25, 0.3) is 0 Å². The van der Waals surface area contributed by atoms with E-state index in [1.54, 1.807) is 0 Å². The Bertz CT molecular complexity index is 210. The van der Waals surface area contributed by atoms with E-state index in [-0.39, 0.29) is 5.72 Å². The van der Waals surface area contributed by atoms with Gasteiger partial charge >= 0.3 is 0 Å². The first-order valence-electron chi connectivity index (χ1n) is 6.93. The van der Waals surface area contributed by atoms with E-state index < -0.39 is 0 Å². The molecule has 0 amide bonds. The first-order chi connectivity index (χ1) is 7.78. The fraction of sp³-hybridized carbons (Fsp3) is 1.00. The van der Waals surface area contributed by atoms with Crippen molar-refractivity contribution in [3.05, 3.63) is 0 Å². The molecule has 0 aromatic carbocycles. The zero-order valence-corrected chi connectivity index (χ0v) is 10.8. The molecule has 2 heterocycles. The van der Waals surface area contributed by atoms with E-state index in [0.29, 0.717) is 6.10 Å². The van der Waals surface area contributed by atoms with Crippen LogP contribution in [0.1, 0.15) is 46.0 Å². The van der Waals surface area contributed by atoms with Crippen LogP contribution in [0.3, 0.4) is 0 Å². The van der Waals surface area contributed by atoms with Crippen LogP contribution in [0.15, 0.2) is 0 Å². The van der Waals surface area contributed by atoms with Gasteiger partial charge < -0.3 is 9.64 Å². The molecule has 0 aromatic rings. The molecule has 2 aliphatic heterocycles. The Labute approximate surface area is 99.5 Å². The van der Waals surface area contributed by atoms with Crippen LogP contribution in [0.5, 0.6) is 0 Å². The second-order valence-electron chi connectivity index (χ2n) is 5.17. The molecule has 2 rings (SSSR count). The molecular formula is C13H26N2O. The lowest BCUT2D eigenvalue weighted by atomic mass is 9.96. The van der Waals surface area contributed by atoms with Crippen molar-refractivity contribution in [1.82, 2.24) is 10.2 Å². The van der Waals surface area contributed by atoms with Crippen molar-refractivity contribution >= 4 is 0 Å². The van der Waals surface area contributed by atoms with Crippen LogP contribution >= 0.6 is 0 Å². The van der Waals surface area contributed by atoms with E-state index in [4.69, 9.17) is 4.74 Å². The van der Waals surface area contributed by atoms with Crippen LogP contribution in [0.2, 0.25) is 0 Å². The molecule has 0 aliphatic carbocycles. The lowest BCUT2D eigenvalue weighted by molar-refractivity contribution is -0.167. The summed E-state index contributed by atoms with van der Waals surface area (Å²) in [5.41, 5.74) is 0.0176. The largest absolute Gasteiger partial charge is 0.357 e. The predicted octanol–water partition coefficient (Wildman–Crippen LogP) is 1.98. The molecule has 16 heavy (non-hydrogen) atoms. The molecule has 2 aliphatic rings. The topological polar surface area (TPSA) is 24.5 Å². The zero-order chi connectivity index (χ0) is 11.4. The number of piperidine rings is 1. The van der Waals surface area contributed by atoms with Crippen molar-refractivity contribution in [1.29, 1.82) is 0 Å². The van der Waals surface area contributed by atoms with E-state index in [9.17, 15) is 0 Å². The van der Waals surface area contributed by atoms with Gasteiger partial charge in [0.15, 0.2) is 0 Å².